The highest BCUT2D eigenvalue weighted by Gasteiger charge is 2.41. The summed E-state index contributed by atoms with van der Waals surface area (Å²) in [6.45, 7) is 1.40. The van der Waals surface area contributed by atoms with E-state index in [1.165, 1.54) is 62.1 Å². The molecule has 3 aromatic rings. The van der Waals surface area contributed by atoms with Crippen molar-refractivity contribution in [2.24, 2.45) is 11.5 Å². The lowest BCUT2D eigenvalue weighted by Gasteiger charge is -2.35. The SMILES string of the molecule is CSCC[C@H](N)C(=O)N[C@H](C(=O)N(/C=C1\CC(O)C(n2ccc(=O)[nH]c2=O)O1)C(=O)NC(Cc1ccc(O)cc1)C(=O)O)C(C)N(C)C(=O)[C@@H](N)Cc1cccc(O)c1. The smallest absolute Gasteiger partial charge is 0.331 e. The maximum absolute atomic E-state index is 14.8. The second-order valence-electron chi connectivity index (χ2n) is 13.9. The first-order valence-corrected chi connectivity index (χ1v) is 19.7. The predicted octanol–water partition coefficient (Wildman–Crippen LogP) is -0.715. The van der Waals surface area contributed by atoms with Crippen molar-refractivity contribution < 1.29 is 49.1 Å². The van der Waals surface area contributed by atoms with Crippen molar-refractivity contribution in [1.82, 2.24) is 30.0 Å². The Labute approximate surface area is 341 Å². The molecule has 4 rings (SSSR count). The molecule has 21 heteroatoms. The number of carboxylic acid groups (broad SMARTS) is 1. The van der Waals surface area contributed by atoms with Crippen LogP contribution in [0.2, 0.25) is 0 Å². The van der Waals surface area contributed by atoms with E-state index in [9.17, 15) is 54.0 Å². The summed E-state index contributed by atoms with van der Waals surface area (Å²) in [5, 5.41) is 45.4. The van der Waals surface area contributed by atoms with Crippen molar-refractivity contribution in [3.8, 4) is 11.5 Å². The van der Waals surface area contributed by atoms with Crippen molar-refractivity contribution in [1.29, 1.82) is 0 Å². The number of H-pyrrole nitrogens is 1. The van der Waals surface area contributed by atoms with Crippen molar-refractivity contribution >= 4 is 41.5 Å². The number of aromatic hydroxyl groups is 2. The van der Waals surface area contributed by atoms with Gasteiger partial charge >= 0.3 is 17.7 Å². The van der Waals surface area contributed by atoms with Gasteiger partial charge in [0.2, 0.25) is 18.0 Å². The number of ether oxygens (including phenoxy) is 1. The number of rotatable bonds is 17. The van der Waals surface area contributed by atoms with Gasteiger partial charge in [0.1, 0.15) is 35.4 Å². The summed E-state index contributed by atoms with van der Waals surface area (Å²) in [4.78, 5) is 96.3. The van der Waals surface area contributed by atoms with Crippen LogP contribution in [0, 0.1) is 0 Å². The van der Waals surface area contributed by atoms with E-state index in [1.54, 1.807) is 18.4 Å². The van der Waals surface area contributed by atoms with Gasteiger partial charge < -0.3 is 52.2 Å². The van der Waals surface area contributed by atoms with Gasteiger partial charge in [-0.3, -0.25) is 28.7 Å². The minimum Gasteiger partial charge on any atom is -0.508 e. The molecule has 1 aliphatic rings. The first kappa shape index (κ1) is 45.5. The highest BCUT2D eigenvalue weighted by molar-refractivity contribution is 7.98. The molecule has 5 amide bonds. The van der Waals surface area contributed by atoms with Crippen LogP contribution in [0.5, 0.6) is 11.5 Å². The Bertz CT molecular complexity index is 2140. The quantitative estimate of drug-likeness (QED) is 0.0811. The molecule has 0 aliphatic carbocycles. The first-order valence-electron chi connectivity index (χ1n) is 18.3. The number of nitrogens with zero attached hydrogens (tertiary/aromatic N) is 3. The van der Waals surface area contributed by atoms with Gasteiger partial charge in [0.15, 0.2) is 0 Å². The van der Waals surface area contributed by atoms with Gasteiger partial charge in [-0.1, -0.05) is 24.3 Å². The Morgan fingerprint density at radius 2 is 1.68 bits per heavy atom. The van der Waals surface area contributed by atoms with Gasteiger partial charge in [0.25, 0.3) is 11.5 Å². The number of urea groups is 1. The first-order chi connectivity index (χ1) is 27.9. The van der Waals surface area contributed by atoms with E-state index >= 15 is 0 Å². The normalized spacial score (nSPS) is 18.1. The average molecular weight is 841 g/mol. The van der Waals surface area contributed by atoms with Gasteiger partial charge in [-0.2, -0.15) is 11.8 Å². The molecule has 59 heavy (non-hydrogen) atoms. The molecular weight excluding hydrogens is 793 g/mol. The van der Waals surface area contributed by atoms with Crippen LogP contribution >= 0.6 is 11.8 Å². The molecule has 2 heterocycles. The van der Waals surface area contributed by atoms with E-state index < -0.39 is 89.9 Å². The predicted molar refractivity (Wildman–Crippen MR) is 214 cm³/mol. The third-order valence-electron chi connectivity index (χ3n) is 9.50. The standard InChI is InChI=1S/C38H48N8O12S/c1-20(44(2)33(52)27(40)16-22-5-4-6-24(48)15-22)31(43-32(51)26(39)12-14-59-3)34(53)46(37(56)41-28(36(54)55)17-21-7-9-23(47)10-8-21)19-25-18-29(49)35(58-25)45-13-11-30(50)42-38(45)57/h4-11,13,15,19-20,26-29,31,35,47-49H,12,14,16-18,39-40H2,1-3H3,(H,41,56)(H,43,51)(H,54,55)(H,42,50,57)/b25-19+/t20?,26-,27-,28?,29?,31-,35?/m0/s1. The summed E-state index contributed by atoms with van der Waals surface area (Å²) in [7, 11) is 1.32. The maximum Gasteiger partial charge on any atom is 0.331 e. The molecule has 7 atom stereocenters. The number of carboxylic acids is 1. The number of phenols is 2. The molecule has 20 nitrogen and oxygen atoms in total. The van der Waals surface area contributed by atoms with Gasteiger partial charge in [-0.15, -0.1) is 0 Å². The Kier molecular flexibility index (Phi) is 15.8. The molecular formula is C38H48N8O12S. The number of carbonyl (C=O) groups excluding carboxylic acids is 4. The zero-order valence-electron chi connectivity index (χ0n) is 32.4. The number of likely N-dealkylation sites (N-methyl/N-ethyl adjacent to an activating group) is 1. The number of aliphatic hydroxyl groups is 1. The van der Waals surface area contributed by atoms with Crippen LogP contribution < -0.4 is 33.3 Å². The summed E-state index contributed by atoms with van der Waals surface area (Å²) in [5.74, 6) is -4.12. The molecule has 1 fully saturated rings. The Morgan fingerprint density at radius 3 is 2.31 bits per heavy atom. The second-order valence-corrected chi connectivity index (χ2v) is 14.8. The summed E-state index contributed by atoms with van der Waals surface area (Å²) in [5.41, 5.74) is 11.7. The number of nitrogens with two attached hydrogens (primary N) is 2. The maximum atomic E-state index is 14.8. The van der Waals surface area contributed by atoms with Gasteiger partial charge in [-0.25, -0.2) is 19.3 Å². The molecule has 1 saturated heterocycles. The third kappa shape index (κ3) is 12.2. The Hall–Kier alpha value is -6.16. The van der Waals surface area contributed by atoms with Crippen molar-refractivity contribution in [2.45, 2.75) is 75.1 Å². The molecule has 11 N–H and O–H groups in total. The average Bonchev–Trinajstić information content (AvgIpc) is 3.56. The number of amides is 5. The van der Waals surface area contributed by atoms with Crippen LogP contribution in [-0.4, -0.2) is 125 Å². The Balaban J connectivity index is 1.75. The van der Waals surface area contributed by atoms with E-state index in [0.717, 1.165) is 27.9 Å². The number of aromatic amines is 1. The van der Waals surface area contributed by atoms with E-state index in [-0.39, 0.29) is 36.5 Å². The van der Waals surface area contributed by atoms with Crippen molar-refractivity contribution in [3.05, 3.63) is 105 Å². The van der Waals surface area contributed by atoms with Crippen LogP contribution in [0.15, 0.2) is 82.3 Å². The van der Waals surface area contributed by atoms with E-state index in [2.05, 4.69) is 10.6 Å². The fourth-order valence-corrected chi connectivity index (χ4v) is 6.57. The van der Waals surface area contributed by atoms with Crippen molar-refractivity contribution in [3.63, 3.8) is 0 Å². The minimum atomic E-state index is -1.75. The van der Waals surface area contributed by atoms with E-state index in [4.69, 9.17) is 16.2 Å². The zero-order valence-corrected chi connectivity index (χ0v) is 33.2. The zero-order chi connectivity index (χ0) is 43.6. The third-order valence-corrected chi connectivity index (χ3v) is 10.1. The fourth-order valence-electron chi connectivity index (χ4n) is 6.08. The van der Waals surface area contributed by atoms with Crippen LogP contribution in [0.3, 0.4) is 0 Å². The molecule has 0 radical (unpaired) electrons. The molecule has 2 aromatic carbocycles. The Morgan fingerprint density at radius 1 is 0.983 bits per heavy atom. The summed E-state index contributed by atoms with van der Waals surface area (Å²) in [6.07, 6.45) is 0.307. The van der Waals surface area contributed by atoms with E-state index in [0.29, 0.717) is 21.8 Å². The highest BCUT2D eigenvalue weighted by Crippen LogP contribution is 2.31. The number of aromatic nitrogens is 2. The number of aliphatic hydroxyl groups excluding tert-OH is 1. The summed E-state index contributed by atoms with van der Waals surface area (Å²) in [6, 6.07) is 4.26. The fraction of sp³-hybridized carbons (Fsp3) is 0.395. The van der Waals surface area contributed by atoms with Crippen LogP contribution in [0.1, 0.15) is 37.1 Å². The topological polar surface area (TPSA) is 313 Å². The number of carbonyl (C=O) groups is 5. The number of phenolic OH excluding ortho intramolecular Hbond substituents is 2. The number of aliphatic carboxylic acids is 1. The van der Waals surface area contributed by atoms with E-state index in [1.807, 2.05) is 4.98 Å². The van der Waals surface area contributed by atoms with Crippen LogP contribution in [0.25, 0.3) is 0 Å². The van der Waals surface area contributed by atoms with Gasteiger partial charge in [-0.05, 0) is 67.2 Å². The molecule has 4 unspecified atom stereocenters. The lowest BCUT2D eigenvalue weighted by atomic mass is 10.0. The monoisotopic (exact) mass is 840 g/mol. The molecule has 0 spiro atoms. The molecule has 0 saturated carbocycles. The van der Waals surface area contributed by atoms with Crippen LogP contribution in [-0.2, 0) is 36.8 Å². The summed E-state index contributed by atoms with van der Waals surface area (Å²) >= 11 is 1.42. The highest BCUT2D eigenvalue weighted by atomic mass is 32.2. The lowest BCUT2D eigenvalue weighted by molar-refractivity contribution is -0.141. The number of nitrogens with one attached hydrogen (secondary N) is 3. The van der Waals surface area contributed by atoms with Gasteiger partial charge in [0.05, 0.1) is 24.3 Å². The minimum absolute atomic E-state index is 0.0215. The van der Waals surface area contributed by atoms with Crippen molar-refractivity contribution in [2.75, 3.05) is 19.1 Å². The number of hydrogen-bond acceptors (Lipinski definition) is 14. The molecule has 0 bridgehead atoms. The molecule has 1 aliphatic heterocycles. The number of hydrogen-bond donors (Lipinski definition) is 9. The number of benzene rings is 2. The lowest BCUT2D eigenvalue weighted by Crippen LogP contribution is -2.63. The second kappa shape index (κ2) is 20.5. The summed E-state index contributed by atoms with van der Waals surface area (Å²) < 4.78 is 6.66. The van der Waals surface area contributed by atoms with Crippen LogP contribution in [0.4, 0.5) is 4.79 Å². The number of imide groups is 1. The largest absolute Gasteiger partial charge is 0.508 e. The van der Waals surface area contributed by atoms with Gasteiger partial charge in [0, 0.05) is 32.2 Å². The molecule has 1 aromatic heterocycles. The number of thioether (sulfide) groups is 1. The molecule has 318 valence electrons.